The van der Waals surface area contributed by atoms with E-state index in [4.69, 9.17) is 5.73 Å². The molecule has 0 aromatic heterocycles. The average molecular weight is 247 g/mol. The number of benzene rings is 1. The van der Waals surface area contributed by atoms with Crippen molar-refractivity contribution in [2.45, 2.75) is 25.4 Å². The van der Waals surface area contributed by atoms with Crippen LogP contribution in [0.2, 0.25) is 0 Å². The van der Waals surface area contributed by atoms with Gasteiger partial charge >= 0.3 is 0 Å². The summed E-state index contributed by atoms with van der Waals surface area (Å²) in [4.78, 5) is 5.02. The Kier molecular flexibility index (Phi) is 4.75. The van der Waals surface area contributed by atoms with E-state index in [0.717, 1.165) is 32.6 Å². The summed E-state index contributed by atoms with van der Waals surface area (Å²) in [5.41, 5.74) is 7.20. The first-order valence-electron chi connectivity index (χ1n) is 6.91. The average Bonchev–Trinajstić information content (AvgIpc) is 2.40. The molecule has 1 saturated heterocycles. The minimum atomic E-state index is 0.479. The molecular formula is C15H25N3. The van der Waals surface area contributed by atoms with Crippen molar-refractivity contribution in [1.82, 2.24) is 9.80 Å². The first-order valence-corrected chi connectivity index (χ1v) is 6.91. The van der Waals surface area contributed by atoms with Crippen molar-refractivity contribution in [3.63, 3.8) is 0 Å². The van der Waals surface area contributed by atoms with Crippen molar-refractivity contribution >= 4 is 0 Å². The molecule has 0 saturated carbocycles. The van der Waals surface area contributed by atoms with Crippen molar-refractivity contribution in [2.75, 3.05) is 33.2 Å². The van der Waals surface area contributed by atoms with Crippen LogP contribution in [0.15, 0.2) is 30.3 Å². The summed E-state index contributed by atoms with van der Waals surface area (Å²) in [5, 5.41) is 0. The Labute approximate surface area is 111 Å². The van der Waals surface area contributed by atoms with Gasteiger partial charge in [-0.3, -0.25) is 4.90 Å². The molecular weight excluding hydrogens is 222 g/mol. The predicted molar refractivity (Wildman–Crippen MR) is 76.5 cm³/mol. The van der Waals surface area contributed by atoms with Gasteiger partial charge in [0, 0.05) is 31.7 Å². The van der Waals surface area contributed by atoms with Gasteiger partial charge in [0.25, 0.3) is 0 Å². The lowest BCUT2D eigenvalue weighted by molar-refractivity contribution is 0.0690. The standard InChI is InChI=1S/C15H25N3/c1-13-12-18(11-10-17(13)2)15(8-9-16)14-6-4-3-5-7-14/h3-7,13,15H,8-12,16H2,1-2H3. The first-order chi connectivity index (χ1) is 8.72. The zero-order valence-corrected chi connectivity index (χ0v) is 11.5. The number of likely N-dealkylation sites (N-methyl/N-ethyl adjacent to an activating group) is 1. The molecule has 0 spiro atoms. The summed E-state index contributed by atoms with van der Waals surface area (Å²) < 4.78 is 0. The molecule has 1 aromatic rings. The fourth-order valence-corrected chi connectivity index (χ4v) is 2.75. The van der Waals surface area contributed by atoms with E-state index in [1.54, 1.807) is 0 Å². The zero-order chi connectivity index (χ0) is 13.0. The Morgan fingerprint density at radius 2 is 2.00 bits per heavy atom. The lowest BCUT2D eigenvalue weighted by Crippen LogP contribution is -2.51. The van der Waals surface area contributed by atoms with Gasteiger partial charge in [0.15, 0.2) is 0 Å². The Balaban J connectivity index is 2.11. The van der Waals surface area contributed by atoms with Gasteiger partial charge in [-0.25, -0.2) is 0 Å². The second-order valence-electron chi connectivity index (χ2n) is 5.33. The van der Waals surface area contributed by atoms with Gasteiger partial charge in [0.2, 0.25) is 0 Å². The van der Waals surface area contributed by atoms with Crippen molar-refractivity contribution in [1.29, 1.82) is 0 Å². The molecule has 3 heteroatoms. The Morgan fingerprint density at radius 3 is 2.61 bits per heavy atom. The number of piperazine rings is 1. The molecule has 2 N–H and O–H groups in total. The highest BCUT2D eigenvalue weighted by Gasteiger charge is 2.26. The predicted octanol–water partition coefficient (Wildman–Crippen LogP) is 1.71. The van der Waals surface area contributed by atoms with Crippen LogP contribution in [0, 0.1) is 0 Å². The van der Waals surface area contributed by atoms with Gasteiger partial charge in [-0.1, -0.05) is 30.3 Å². The van der Waals surface area contributed by atoms with E-state index >= 15 is 0 Å². The Bertz CT molecular complexity index is 352. The number of rotatable bonds is 4. The third-order valence-corrected chi connectivity index (χ3v) is 4.06. The van der Waals surface area contributed by atoms with Crippen molar-refractivity contribution in [2.24, 2.45) is 5.73 Å². The van der Waals surface area contributed by atoms with E-state index in [2.05, 4.69) is 54.1 Å². The third kappa shape index (κ3) is 3.10. The van der Waals surface area contributed by atoms with Gasteiger partial charge < -0.3 is 10.6 Å². The maximum atomic E-state index is 5.80. The molecule has 1 aliphatic heterocycles. The van der Waals surface area contributed by atoms with Crippen LogP contribution in [0.3, 0.4) is 0 Å². The topological polar surface area (TPSA) is 32.5 Å². The maximum absolute atomic E-state index is 5.80. The molecule has 1 aromatic carbocycles. The second kappa shape index (κ2) is 6.32. The minimum Gasteiger partial charge on any atom is -0.330 e. The summed E-state index contributed by atoms with van der Waals surface area (Å²) >= 11 is 0. The highest BCUT2D eigenvalue weighted by atomic mass is 15.3. The van der Waals surface area contributed by atoms with Crippen LogP contribution in [0.4, 0.5) is 0 Å². The van der Waals surface area contributed by atoms with Crippen molar-refractivity contribution in [3.05, 3.63) is 35.9 Å². The fourth-order valence-electron chi connectivity index (χ4n) is 2.75. The summed E-state index contributed by atoms with van der Waals surface area (Å²) in [6.07, 6.45) is 1.04. The number of hydrogen-bond donors (Lipinski definition) is 1. The normalized spacial score (nSPS) is 24.1. The quantitative estimate of drug-likeness (QED) is 0.879. The lowest BCUT2D eigenvalue weighted by atomic mass is 10.00. The van der Waals surface area contributed by atoms with Crippen LogP contribution in [0.25, 0.3) is 0 Å². The van der Waals surface area contributed by atoms with E-state index < -0.39 is 0 Å². The van der Waals surface area contributed by atoms with E-state index in [-0.39, 0.29) is 0 Å². The highest BCUT2D eigenvalue weighted by molar-refractivity contribution is 5.19. The monoisotopic (exact) mass is 247 g/mol. The van der Waals surface area contributed by atoms with E-state index in [1.165, 1.54) is 5.56 Å². The minimum absolute atomic E-state index is 0.479. The van der Waals surface area contributed by atoms with E-state index in [0.29, 0.717) is 12.1 Å². The summed E-state index contributed by atoms with van der Waals surface area (Å²) in [5.74, 6) is 0. The van der Waals surface area contributed by atoms with E-state index in [1.807, 2.05) is 0 Å². The third-order valence-electron chi connectivity index (χ3n) is 4.06. The van der Waals surface area contributed by atoms with Gasteiger partial charge in [-0.2, -0.15) is 0 Å². The highest BCUT2D eigenvalue weighted by Crippen LogP contribution is 2.26. The molecule has 1 aliphatic rings. The van der Waals surface area contributed by atoms with Gasteiger partial charge in [0.05, 0.1) is 0 Å². The Hall–Kier alpha value is -0.900. The second-order valence-corrected chi connectivity index (χ2v) is 5.33. The van der Waals surface area contributed by atoms with Crippen LogP contribution < -0.4 is 5.73 Å². The van der Waals surface area contributed by atoms with Crippen molar-refractivity contribution in [3.8, 4) is 0 Å². The first kappa shape index (κ1) is 13.5. The van der Waals surface area contributed by atoms with Crippen LogP contribution >= 0.6 is 0 Å². The smallest absolute Gasteiger partial charge is 0.0361 e. The largest absolute Gasteiger partial charge is 0.330 e. The van der Waals surface area contributed by atoms with Crippen molar-refractivity contribution < 1.29 is 0 Å². The zero-order valence-electron chi connectivity index (χ0n) is 11.5. The summed E-state index contributed by atoms with van der Waals surface area (Å²) in [6, 6.07) is 11.9. The van der Waals surface area contributed by atoms with Crippen LogP contribution in [0.1, 0.15) is 24.9 Å². The molecule has 3 nitrogen and oxygen atoms in total. The molecule has 100 valence electrons. The SMILES string of the molecule is CC1CN(C(CCN)c2ccccc2)CCN1C. The molecule has 18 heavy (non-hydrogen) atoms. The summed E-state index contributed by atoms with van der Waals surface area (Å²) in [7, 11) is 2.21. The van der Waals surface area contributed by atoms with Crippen LogP contribution in [-0.4, -0.2) is 49.1 Å². The molecule has 0 radical (unpaired) electrons. The molecule has 2 atom stereocenters. The lowest BCUT2D eigenvalue weighted by Gasteiger charge is -2.42. The van der Waals surface area contributed by atoms with Gasteiger partial charge in [-0.15, -0.1) is 0 Å². The molecule has 2 rings (SSSR count). The van der Waals surface area contributed by atoms with Crippen LogP contribution in [-0.2, 0) is 0 Å². The molecule has 2 unspecified atom stereocenters. The molecule has 1 fully saturated rings. The Morgan fingerprint density at radius 1 is 1.28 bits per heavy atom. The van der Waals surface area contributed by atoms with Gasteiger partial charge in [0.1, 0.15) is 0 Å². The van der Waals surface area contributed by atoms with Crippen LogP contribution in [0.5, 0.6) is 0 Å². The molecule has 0 amide bonds. The number of nitrogens with zero attached hydrogens (tertiary/aromatic N) is 2. The fraction of sp³-hybridized carbons (Fsp3) is 0.600. The van der Waals surface area contributed by atoms with Gasteiger partial charge in [-0.05, 0) is 32.5 Å². The maximum Gasteiger partial charge on any atom is 0.0361 e. The number of hydrogen-bond acceptors (Lipinski definition) is 3. The summed E-state index contributed by atoms with van der Waals surface area (Å²) in [6.45, 7) is 6.47. The molecule has 1 heterocycles. The molecule has 0 bridgehead atoms. The number of nitrogens with two attached hydrogens (primary N) is 1. The van der Waals surface area contributed by atoms with E-state index in [9.17, 15) is 0 Å². The molecule has 0 aliphatic carbocycles.